The van der Waals surface area contributed by atoms with E-state index in [1.54, 1.807) is 5.57 Å². The average Bonchev–Trinajstić information content (AvgIpc) is 3.29. The quantitative estimate of drug-likeness (QED) is 0.511. The molecule has 0 aliphatic heterocycles. The monoisotopic (exact) mass is 384 g/mol. The largest absolute Gasteiger partial charge is 0.393 e. The molecule has 1 heteroatoms. The Balaban J connectivity index is 1.33. The van der Waals surface area contributed by atoms with Crippen molar-refractivity contribution in [1.29, 1.82) is 0 Å². The molecule has 0 bridgehead atoms. The van der Waals surface area contributed by atoms with Gasteiger partial charge in [-0.15, -0.1) is 0 Å². The van der Waals surface area contributed by atoms with Gasteiger partial charge in [0.1, 0.15) is 0 Å². The molecule has 5 aliphatic rings. The third-order valence-corrected chi connectivity index (χ3v) is 11.1. The fraction of sp³-hybridized carbons (Fsp3) is 0.926. The van der Waals surface area contributed by atoms with Gasteiger partial charge in [0.25, 0.3) is 0 Å². The van der Waals surface area contributed by atoms with Gasteiger partial charge in [0.05, 0.1) is 6.10 Å². The van der Waals surface area contributed by atoms with Crippen LogP contribution in [0.4, 0.5) is 0 Å². The molecule has 0 spiro atoms. The average molecular weight is 385 g/mol. The molecule has 4 unspecified atom stereocenters. The zero-order valence-corrected chi connectivity index (χ0v) is 19.0. The summed E-state index contributed by atoms with van der Waals surface area (Å²) in [5, 5.41) is 10.2. The maximum atomic E-state index is 10.2. The lowest BCUT2D eigenvalue weighted by molar-refractivity contribution is -0.0574. The minimum absolute atomic E-state index is 0.0743. The van der Waals surface area contributed by atoms with Crippen molar-refractivity contribution in [2.75, 3.05) is 0 Å². The first-order valence-electron chi connectivity index (χ1n) is 12.6. The van der Waals surface area contributed by atoms with Gasteiger partial charge in [0.2, 0.25) is 0 Å². The molecule has 0 aromatic heterocycles. The fourth-order valence-corrected chi connectivity index (χ4v) is 8.86. The molecule has 5 aliphatic carbocycles. The lowest BCUT2D eigenvalue weighted by Crippen LogP contribution is -2.50. The Morgan fingerprint density at radius 3 is 2.54 bits per heavy atom. The molecule has 5 rings (SSSR count). The van der Waals surface area contributed by atoms with Gasteiger partial charge in [0.15, 0.2) is 0 Å². The zero-order valence-electron chi connectivity index (χ0n) is 19.0. The second-order valence-corrected chi connectivity index (χ2v) is 12.7. The molecule has 0 saturated heterocycles. The van der Waals surface area contributed by atoms with E-state index in [2.05, 4.69) is 33.8 Å². The predicted molar refractivity (Wildman–Crippen MR) is 117 cm³/mol. The molecule has 4 fully saturated rings. The van der Waals surface area contributed by atoms with Crippen LogP contribution in [0.3, 0.4) is 0 Å². The van der Waals surface area contributed by atoms with Gasteiger partial charge >= 0.3 is 0 Å². The molecule has 28 heavy (non-hydrogen) atoms. The second kappa shape index (κ2) is 6.60. The van der Waals surface area contributed by atoms with E-state index in [1.165, 1.54) is 64.2 Å². The fourth-order valence-electron chi connectivity index (χ4n) is 8.86. The molecule has 0 amide bonds. The van der Waals surface area contributed by atoms with Crippen molar-refractivity contribution in [1.82, 2.24) is 0 Å². The van der Waals surface area contributed by atoms with Crippen molar-refractivity contribution in [2.24, 2.45) is 45.8 Å². The van der Waals surface area contributed by atoms with Crippen LogP contribution in [-0.4, -0.2) is 11.2 Å². The van der Waals surface area contributed by atoms with Gasteiger partial charge in [-0.2, -0.15) is 0 Å². The highest BCUT2D eigenvalue weighted by Crippen LogP contribution is 2.67. The van der Waals surface area contributed by atoms with E-state index in [9.17, 15) is 5.11 Å². The highest BCUT2D eigenvalue weighted by Gasteiger charge is 2.59. The normalized spacial score (nSPS) is 50.2. The summed E-state index contributed by atoms with van der Waals surface area (Å²) in [6.45, 7) is 10.4. The molecular formula is C27H44O. The predicted octanol–water partition coefficient (Wildman–Crippen LogP) is 7.14. The first-order valence-corrected chi connectivity index (χ1v) is 12.6. The maximum Gasteiger partial charge on any atom is 0.0577 e. The van der Waals surface area contributed by atoms with Crippen molar-refractivity contribution in [3.8, 4) is 0 Å². The van der Waals surface area contributed by atoms with E-state index >= 15 is 0 Å². The molecular weight excluding hydrogens is 340 g/mol. The Bertz CT molecular complexity index is 645. The molecule has 0 radical (unpaired) electrons. The second-order valence-electron chi connectivity index (χ2n) is 12.7. The van der Waals surface area contributed by atoms with Gasteiger partial charge in [0, 0.05) is 0 Å². The zero-order chi connectivity index (χ0) is 19.7. The molecule has 158 valence electrons. The van der Waals surface area contributed by atoms with E-state index < -0.39 is 0 Å². The van der Waals surface area contributed by atoms with Crippen molar-refractivity contribution in [2.45, 2.75) is 111 Å². The van der Waals surface area contributed by atoms with Crippen LogP contribution >= 0.6 is 0 Å². The van der Waals surface area contributed by atoms with Crippen LogP contribution in [-0.2, 0) is 0 Å². The van der Waals surface area contributed by atoms with Crippen LogP contribution in [0.15, 0.2) is 11.6 Å². The number of hydrogen-bond donors (Lipinski definition) is 1. The Kier molecular flexibility index (Phi) is 4.63. The molecule has 1 nitrogen and oxygen atoms in total. The van der Waals surface area contributed by atoms with Crippen molar-refractivity contribution in [3.63, 3.8) is 0 Å². The lowest BCUT2D eigenvalue weighted by Gasteiger charge is -2.58. The topological polar surface area (TPSA) is 20.2 Å². The number of hydrogen-bond acceptors (Lipinski definition) is 1. The van der Waals surface area contributed by atoms with Crippen LogP contribution in [0, 0.1) is 45.8 Å². The summed E-state index contributed by atoms with van der Waals surface area (Å²) in [4.78, 5) is 0. The number of aliphatic hydroxyl groups excluding tert-OH is 1. The Hall–Kier alpha value is -0.300. The number of aliphatic hydroxyl groups is 1. The summed E-state index contributed by atoms with van der Waals surface area (Å²) in [5.41, 5.74) is 3.33. The molecule has 0 heterocycles. The molecule has 8 atom stereocenters. The van der Waals surface area contributed by atoms with Crippen molar-refractivity contribution < 1.29 is 5.11 Å². The first-order chi connectivity index (χ1) is 13.3. The Morgan fingerprint density at radius 1 is 1.00 bits per heavy atom. The SMILES string of the molecule is CC(CCC1(C)CC1)[C@H]1CCC2C3CC=C4C[C@@H](O)CC[C@]4(C)C3CC[C@@]21C. The molecule has 4 saturated carbocycles. The summed E-state index contributed by atoms with van der Waals surface area (Å²) >= 11 is 0. The highest BCUT2D eigenvalue weighted by atomic mass is 16.3. The van der Waals surface area contributed by atoms with Gasteiger partial charge in [-0.25, -0.2) is 0 Å². The summed E-state index contributed by atoms with van der Waals surface area (Å²) < 4.78 is 0. The smallest absolute Gasteiger partial charge is 0.0577 e. The summed E-state index contributed by atoms with van der Waals surface area (Å²) in [6.07, 6.45) is 18.9. The van der Waals surface area contributed by atoms with Crippen LogP contribution in [0.2, 0.25) is 0 Å². The molecule has 1 N–H and O–H groups in total. The van der Waals surface area contributed by atoms with E-state index in [4.69, 9.17) is 0 Å². The van der Waals surface area contributed by atoms with Gasteiger partial charge in [-0.05, 0) is 123 Å². The number of allylic oxidation sites excluding steroid dienone is 1. The lowest BCUT2D eigenvalue weighted by atomic mass is 9.47. The van der Waals surface area contributed by atoms with Crippen LogP contribution in [0.25, 0.3) is 0 Å². The van der Waals surface area contributed by atoms with Crippen LogP contribution in [0.5, 0.6) is 0 Å². The number of fused-ring (bicyclic) bond motifs is 5. The minimum atomic E-state index is -0.0743. The highest BCUT2D eigenvalue weighted by molar-refractivity contribution is 5.25. The standard InChI is InChI=1S/C27H44O/c1-18(9-12-25(2)15-16-25)22-7-8-23-21-6-5-19-17-20(28)10-13-26(19,3)24(21)11-14-27(22,23)4/h5,18,20-24,28H,6-17H2,1-4H3/t18?,20-,21?,22+,23?,24?,26-,27+/m0/s1. The van der Waals surface area contributed by atoms with E-state index in [0.717, 1.165) is 47.8 Å². The van der Waals surface area contributed by atoms with Crippen LogP contribution < -0.4 is 0 Å². The van der Waals surface area contributed by atoms with Gasteiger partial charge in [-0.3, -0.25) is 0 Å². The third-order valence-electron chi connectivity index (χ3n) is 11.1. The van der Waals surface area contributed by atoms with E-state index in [1.807, 2.05) is 0 Å². The summed E-state index contributed by atoms with van der Waals surface area (Å²) in [6, 6.07) is 0. The van der Waals surface area contributed by atoms with E-state index in [-0.39, 0.29) is 6.10 Å². The summed E-state index contributed by atoms with van der Waals surface area (Å²) in [7, 11) is 0. The maximum absolute atomic E-state index is 10.2. The van der Waals surface area contributed by atoms with E-state index in [0.29, 0.717) is 10.8 Å². The van der Waals surface area contributed by atoms with Crippen molar-refractivity contribution >= 4 is 0 Å². The molecule has 0 aromatic carbocycles. The number of rotatable bonds is 4. The Morgan fingerprint density at radius 2 is 1.79 bits per heavy atom. The minimum Gasteiger partial charge on any atom is -0.393 e. The van der Waals surface area contributed by atoms with Crippen molar-refractivity contribution in [3.05, 3.63) is 11.6 Å². The Labute approximate surface area is 173 Å². The van der Waals surface area contributed by atoms with Gasteiger partial charge in [-0.1, -0.05) is 39.3 Å². The van der Waals surface area contributed by atoms with Gasteiger partial charge < -0.3 is 5.11 Å². The first kappa shape index (κ1) is 19.7. The van der Waals surface area contributed by atoms with Crippen LogP contribution in [0.1, 0.15) is 105 Å². The summed E-state index contributed by atoms with van der Waals surface area (Å²) in [5.74, 6) is 4.64. The third kappa shape index (κ3) is 2.97. The molecule has 0 aromatic rings.